The molecule has 0 aromatic carbocycles. The average Bonchev–Trinajstić information content (AvgIpc) is 2.86. The van der Waals surface area contributed by atoms with E-state index in [1.807, 2.05) is 4.68 Å². The second-order valence-corrected chi connectivity index (χ2v) is 4.91. The number of methoxy groups -OCH3 is 1. The van der Waals surface area contributed by atoms with Gasteiger partial charge in [0.05, 0.1) is 19.8 Å². The molecule has 110 valence electrons. The van der Waals surface area contributed by atoms with E-state index in [4.69, 9.17) is 9.47 Å². The molecule has 0 aliphatic heterocycles. The zero-order valence-corrected chi connectivity index (χ0v) is 12.5. The van der Waals surface area contributed by atoms with Gasteiger partial charge in [-0.3, -0.25) is 0 Å². The van der Waals surface area contributed by atoms with Crippen molar-refractivity contribution in [2.45, 2.75) is 25.0 Å². The maximum atomic E-state index is 5.40. The Morgan fingerprint density at radius 3 is 3.00 bits per heavy atom. The van der Waals surface area contributed by atoms with Crippen molar-refractivity contribution in [1.82, 2.24) is 25.5 Å². The Morgan fingerprint density at radius 2 is 2.21 bits per heavy atom. The lowest BCUT2D eigenvalue weighted by Gasteiger charge is -2.05. The van der Waals surface area contributed by atoms with E-state index in [2.05, 4.69) is 27.8 Å². The first-order valence-electron chi connectivity index (χ1n) is 6.54. The molecule has 1 aromatic heterocycles. The van der Waals surface area contributed by atoms with Gasteiger partial charge in [0.25, 0.3) is 0 Å². The van der Waals surface area contributed by atoms with E-state index in [9.17, 15) is 0 Å². The highest BCUT2D eigenvalue weighted by Gasteiger charge is 2.05. The highest BCUT2D eigenvalue weighted by molar-refractivity contribution is 7.99. The second kappa shape index (κ2) is 11.2. The van der Waals surface area contributed by atoms with Crippen LogP contribution in [0.2, 0.25) is 0 Å². The van der Waals surface area contributed by atoms with Crippen molar-refractivity contribution in [2.24, 2.45) is 0 Å². The van der Waals surface area contributed by atoms with Crippen molar-refractivity contribution in [1.29, 1.82) is 0 Å². The van der Waals surface area contributed by atoms with Crippen LogP contribution in [0.3, 0.4) is 0 Å². The van der Waals surface area contributed by atoms with Crippen molar-refractivity contribution in [3.8, 4) is 0 Å². The fourth-order valence-electron chi connectivity index (χ4n) is 1.37. The molecule has 0 saturated heterocycles. The molecule has 1 N–H and O–H groups in total. The van der Waals surface area contributed by atoms with Crippen LogP contribution in [0.5, 0.6) is 0 Å². The molecule has 7 nitrogen and oxygen atoms in total. The van der Waals surface area contributed by atoms with Crippen LogP contribution in [0, 0.1) is 0 Å². The SMILES string of the molecule is CCNCCn1nnnc1SCCCOCCOC. The van der Waals surface area contributed by atoms with Crippen LogP contribution in [0.25, 0.3) is 0 Å². The predicted molar refractivity (Wildman–Crippen MR) is 74.4 cm³/mol. The Bertz CT molecular complexity index is 324. The molecule has 0 aliphatic rings. The number of hydrogen-bond donors (Lipinski definition) is 1. The first kappa shape index (κ1) is 16.4. The molecule has 1 aromatic rings. The Kier molecular flexibility index (Phi) is 9.60. The maximum Gasteiger partial charge on any atom is 0.209 e. The molecule has 1 rings (SSSR count). The zero-order chi connectivity index (χ0) is 13.8. The van der Waals surface area contributed by atoms with Crippen molar-refractivity contribution < 1.29 is 9.47 Å². The van der Waals surface area contributed by atoms with Gasteiger partial charge in [-0.2, -0.15) is 0 Å². The van der Waals surface area contributed by atoms with Crippen LogP contribution < -0.4 is 5.32 Å². The predicted octanol–water partition coefficient (Wildman–Crippen LogP) is 0.428. The molecule has 0 radical (unpaired) electrons. The van der Waals surface area contributed by atoms with E-state index in [1.54, 1.807) is 18.9 Å². The van der Waals surface area contributed by atoms with Crippen LogP contribution in [-0.2, 0) is 16.0 Å². The topological polar surface area (TPSA) is 74.1 Å². The molecule has 0 saturated carbocycles. The summed E-state index contributed by atoms with van der Waals surface area (Å²) in [5, 5.41) is 15.8. The summed E-state index contributed by atoms with van der Waals surface area (Å²) in [6.45, 7) is 6.78. The van der Waals surface area contributed by atoms with Gasteiger partial charge in [-0.1, -0.05) is 18.7 Å². The van der Waals surface area contributed by atoms with E-state index in [1.165, 1.54) is 0 Å². The van der Waals surface area contributed by atoms with Gasteiger partial charge < -0.3 is 14.8 Å². The zero-order valence-electron chi connectivity index (χ0n) is 11.7. The van der Waals surface area contributed by atoms with E-state index in [0.717, 1.165) is 43.6 Å². The lowest BCUT2D eigenvalue weighted by atomic mass is 10.5. The van der Waals surface area contributed by atoms with Crippen molar-refractivity contribution in [2.75, 3.05) is 45.8 Å². The van der Waals surface area contributed by atoms with Crippen LogP contribution in [0.15, 0.2) is 5.16 Å². The average molecular weight is 289 g/mol. The van der Waals surface area contributed by atoms with Gasteiger partial charge in [-0.25, -0.2) is 4.68 Å². The molecule has 0 aliphatic carbocycles. The number of thioether (sulfide) groups is 1. The number of aromatic nitrogens is 4. The summed E-state index contributed by atoms with van der Waals surface area (Å²) in [7, 11) is 1.67. The Balaban J connectivity index is 2.10. The third-order valence-electron chi connectivity index (χ3n) is 2.35. The van der Waals surface area contributed by atoms with E-state index < -0.39 is 0 Å². The molecule has 0 fully saturated rings. The number of nitrogens with one attached hydrogen (secondary N) is 1. The number of ether oxygens (including phenoxy) is 2. The van der Waals surface area contributed by atoms with Gasteiger partial charge >= 0.3 is 0 Å². The molecular weight excluding hydrogens is 266 g/mol. The summed E-state index contributed by atoms with van der Waals surface area (Å²) in [6.07, 6.45) is 0.981. The van der Waals surface area contributed by atoms with Gasteiger partial charge in [-0.05, 0) is 23.4 Å². The fraction of sp³-hybridized carbons (Fsp3) is 0.909. The van der Waals surface area contributed by atoms with Crippen LogP contribution >= 0.6 is 11.8 Å². The molecule has 1 heterocycles. The van der Waals surface area contributed by atoms with Gasteiger partial charge in [0.1, 0.15) is 0 Å². The van der Waals surface area contributed by atoms with Crippen molar-refractivity contribution in [3.63, 3.8) is 0 Å². The molecule has 0 bridgehead atoms. The minimum absolute atomic E-state index is 0.649. The Morgan fingerprint density at radius 1 is 1.32 bits per heavy atom. The molecule has 0 atom stereocenters. The molecule has 0 unspecified atom stereocenters. The number of nitrogens with zero attached hydrogens (tertiary/aromatic N) is 4. The van der Waals surface area contributed by atoms with Gasteiger partial charge in [0, 0.05) is 26.0 Å². The smallest absolute Gasteiger partial charge is 0.209 e. The fourth-order valence-corrected chi connectivity index (χ4v) is 2.19. The Hall–Kier alpha value is -0.700. The molecular formula is C11H23N5O2S. The highest BCUT2D eigenvalue weighted by atomic mass is 32.2. The normalized spacial score (nSPS) is 11.1. The quantitative estimate of drug-likeness (QED) is 0.442. The monoisotopic (exact) mass is 289 g/mol. The first-order chi connectivity index (χ1) is 9.38. The second-order valence-electron chi connectivity index (χ2n) is 3.85. The van der Waals surface area contributed by atoms with E-state index >= 15 is 0 Å². The molecule has 8 heteroatoms. The van der Waals surface area contributed by atoms with Crippen LogP contribution in [0.4, 0.5) is 0 Å². The summed E-state index contributed by atoms with van der Waals surface area (Å²) < 4.78 is 12.1. The summed E-state index contributed by atoms with van der Waals surface area (Å²) in [5.74, 6) is 0.953. The minimum atomic E-state index is 0.649. The first-order valence-corrected chi connectivity index (χ1v) is 7.53. The summed E-state index contributed by atoms with van der Waals surface area (Å²) in [5.41, 5.74) is 0. The molecule has 0 spiro atoms. The molecule has 19 heavy (non-hydrogen) atoms. The largest absolute Gasteiger partial charge is 0.382 e. The third-order valence-corrected chi connectivity index (χ3v) is 3.39. The number of hydrogen-bond acceptors (Lipinski definition) is 7. The van der Waals surface area contributed by atoms with Crippen molar-refractivity contribution >= 4 is 11.8 Å². The standard InChI is InChI=1S/C11H23N5O2S/c1-3-12-5-6-16-11(13-14-15-16)19-10-4-7-18-9-8-17-2/h12H,3-10H2,1-2H3. The van der Waals surface area contributed by atoms with E-state index in [0.29, 0.717) is 13.2 Å². The third kappa shape index (κ3) is 7.46. The lowest BCUT2D eigenvalue weighted by molar-refractivity contribution is 0.0713. The number of likely N-dealkylation sites (N-methyl/N-ethyl adjacent to an activating group) is 1. The van der Waals surface area contributed by atoms with E-state index in [-0.39, 0.29) is 0 Å². The number of tetrazole rings is 1. The van der Waals surface area contributed by atoms with Crippen molar-refractivity contribution in [3.05, 3.63) is 0 Å². The lowest BCUT2D eigenvalue weighted by Crippen LogP contribution is -2.20. The molecule has 0 amide bonds. The van der Waals surface area contributed by atoms with Crippen LogP contribution in [-0.4, -0.2) is 66.0 Å². The highest BCUT2D eigenvalue weighted by Crippen LogP contribution is 2.14. The van der Waals surface area contributed by atoms with Gasteiger partial charge in [0.2, 0.25) is 5.16 Å². The number of rotatable bonds is 12. The summed E-state index contributed by atoms with van der Waals surface area (Å²) >= 11 is 1.66. The van der Waals surface area contributed by atoms with Gasteiger partial charge in [0.15, 0.2) is 0 Å². The van der Waals surface area contributed by atoms with Gasteiger partial charge in [-0.15, -0.1) is 5.10 Å². The summed E-state index contributed by atoms with van der Waals surface area (Å²) in [6, 6.07) is 0. The van der Waals surface area contributed by atoms with Crippen LogP contribution in [0.1, 0.15) is 13.3 Å². The summed E-state index contributed by atoms with van der Waals surface area (Å²) in [4.78, 5) is 0. The maximum absolute atomic E-state index is 5.40. The minimum Gasteiger partial charge on any atom is -0.382 e. The Labute approximate surface area is 118 Å².